The second kappa shape index (κ2) is 10.6. The maximum absolute atomic E-state index is 11.8. The first-order valence-electron chi connectivity index (χ1n) is 8.81. The lowest BCUT2D eigenvalue weighted by atomic mass is 10.2. The normalized spacial score (nSPS) is 11.2. The lowest BCUT2D eigenvalue weighted by Gasteiger charge is -2.23. The highest BCUT2D eigenvalue weighted by atomic mass is 16.2. The Labute approximate surface area is 152 Å². The fourth-order valence-corrected chi connectivity index (χ4v) is 2.25. The molecule has 0 spiro atoms. The summed E-state index contributed by atoms with van der Waals surface area (Å²) >= 11 is 0. The van der Waals surface area contributed by atoms with Gasteiger partial charge in [0.05, 0.1) is 0 Å². The van der Waals surface area contributed by atoms with Crippen LogP contribution in [-0.4, -0.2) is 70.0 Å². The summed E-state index contributed by atoms with van der Waals surface area (Å²) in [6.07, 6.45) is 2.19. The minimum atomic E-state index is -0.00204. The van der Waals surface area contributed by atoms with Crippen molar-refractivity contribution in [1.82, 2.24) is 15.1 Å². The van der Waals surface area contributed by atoms with Crippen LogP contribution in [0.25, 0.3) is 0 Å². The zero-order valence-electron chi connectivity index (χ0n) is 16.5. The molecule has 1 aromatic carbocycles. The first-order chi connectivity index (χ1) is 11.8. The van der Waals surface area contributed by atoms with E-state index >= 15 is 0 Å². The highest BCUT2D eigenvalue weighted by Gasteiger charge is 2.10. The number of carbonyl (C=O) groups is 1. The average molecular weight is 348 g/mol. The van der Waals surface area contributed by atoms with Gasteiger partial charge in [0.15, 0.2) is 5.96 Å². The zero-order valence-corrected chi connectivity index (χ0v) is 16.5. The van der Waals surface area contributed by atoms with Crippen LogP contribution in [0.5, 0.6) is 0 Å². The van der Waals surface area contributed by atoms with Crippen LogP contribution in [0.4, 0.5) is 5.69 Å². The minimum Gasteiger partial charge on any atom is -0.378 e. The molecular formula is C19H33N5O. The van der Waals surface area contributed by atoms with Crippen LogP contribution in [0.15, 0.2) is 29.3 Å². The van der Waals surface area contributed by atoms with Crippen molar-refractivity contribution in [2.75, 3.05) is 53.2 Å². The summed E-state index contributed by atoms with van der Waals surface area (Å²) in [7, 11) is 9.57. The molecule has 0 aromatic heterocycles. The standard InChI is InChI=1S/C19H33N5O/c1-7-8-12-20-19(21-14-18(25)23(4)5)24(6)15-16-10-9-11-17(13-16)22(2)3/h9-11,13H,7-8,12,14-15H2,1-6H3,(H,20,21). The molecule has 0 aliphatic heterocycles. The van der Waals surface area contributed by atoms with E-state index in [-0.39, 0.29) is 12.5 Å². The van der Waals surface area contributed by atoms with E-state index in [0.717, 1.165) is 31.9 Å². The van der Waals surface area contributed by atoms with Crippen molar-refractivity contribution in [2.45, 2.75) is 26.3 Å². The fourth-order valence-electron chi connectivity index (χ4n) is 2.25. The van der Waals surface area contributed by atoms with E-state index in [4.69, 9.17) is 0 Å². The van der Waals surface area contributed by atoms with Crippen LogP contribution in [0, 0.1) is 0 Å². The van der Waals surface area contributed by atoms with Crippen LogP contribution in [0.2, 0.25) is 0 Å². The summed E-state index contributed by atoms with van der Waals surface area (Å²) in [6, 6.07) is 8.44. The minimum absolute atomic E-state index is 0.00204. The third-order valence-electron chi connectivity index (χ3n) is 3.88. The highest BCUT2D eigenvalue weighted by Crippen LogP contribution is 2.14. The number of nitrogens with one attached hydrogen (secondary N) is 1. The Balaban J connectivity index is 2.83. The number of anilines is 1. The number of benzene rings is 1. The molecule has 0 aliphatic rings. The number of hydrogen-bond acceptors (Lipinski definition) is 3. The lowest BCUT2D eigenvalue weighted by molar-refractivity contribution is -0.127. The van der Waals surface area contributed by atoms with Crippen LogP contribution < -0.4 is 10.2 Å². The molecule has 1 aromatic rings. The van der Waals surface area contributed by atoms with Crippen molar-refractivity contribution in [3.05, 3.63) is 29.8 Å². The van der Waals surface area contributed by atoms with Crippen molar-refractivity contribution in [3.63, 3.8) is 0 Å². The monoisotopic (exact) mass is 347 g/mol. The van der Waals surface area contributed by atoms with E-state index < -0.39 is 0 Å². The number of guanidine groups is 1. The molecule has 0 bridgehead atoms. The molecule has 0 fully saturated rings. The summed E-state index contributed by atoms with van der Waals surface area (Å²) < 4.78 is 0. The van der Waals surface area contributed by atoms with E-state index in [1.165, 1.54) is 11.3 Å². The van der Waals surface area contributed by atoms with E-state index in [9.17, 15) is 4.79 Å². The molecule has 6 nitrogen and oxygen atoms in total. The zero-order chi connectivity index (χ0) is 18.8. The largest absolute Gasteiger partial charge is 0.378 e. The SMILES string of the molecule is CCCCNC(=NCC(=O)N(C)C)N(C)Cc1cccc(N(C)C)c1. The van der Waals surface area contributed by atoms with E-state index in [1.807, 2.05) is 21.1 Å². The third kappa shape index (κ3) is 7.45. The van der Waals surface area contributed by atoms with E-state index in [0.29, 0.717) is 0 Å². The van der Waals surface area contributed by atoms with Crippen molar-refractivity contribution >= 4 is 17.6 Å². The fraction of sp³-hybridized carbons (Fsp3) is 0.579. The molecule has 1 N–H and O–H groups in total. The van der Waals surface area contributed by atoms with Gasteiger partial charge in [0, 0.05) is 54.0 Å². The second-order valence-corrected chi connectivity index (χ2v) is 6.63. The number of amides is 1. The van der Waals surface area contributed by atoms with Crippen LogP contribution in [0.3, 0.4) is 0 Å². The quantitative estimate of drug-likeness (QED) is 0.444. The van der Waals surface area contributed by atoms with Crippen LogP contribution >= 0.6 is 0 Å². The van der Waals surface area contributed by atoms with Gasteiger partial charge in [-0.25, -0.2) is 4.99 Å². The van der Waals surface area contributed by atoms with Gasteiger partial charge in [-0.1, -0.05) is 25.5 Å². The summed E-state index contributed by atoms with van der Waals surface area (Å²) in [6.45, 7) is 3.90. The molecule has 0 heterocycles. The van der Waals surface area contributed by atoms with Gasteiger partial charge in [-0.15, -0.1) is 0 Å². The van der Waals surface area contributed by atoms with Gasteiger partial charge in [0.25, 0.3) is 0 Å². The topological polar surface area (TPSA) is 51.2 Å². The Morgan fingerprint density at radius 3 is 2.48 bits per heavy atom. The molecular weight excluding hydrogens is 314 g/mol. The lowest BCUT2D eigenvalue weighted by Crippen LogP contribution is -2.40. The van der Waals surface area contributed by atoms with Crippen molar-refractivity contribution in [3.8, 4) is 0 Å². The van der Waals surface area contributed by atoms with E-state index in [1.54, 1.807) is 19.0 Å². The van der Waals surface area contributed by atoms with Gasteiger partial charge in [0.2, 0.25) is 5.91 Å². The average Bonchev–Trinajstić information content (AvgIpc) is 2.57. The molecule has 0 saturated heterocycles. The Hall–Kier alpha value is -2.24. The van der Waals surface area contributed by atoms with Crippen molar-refractivity contribution in [1.29, 1.82) is 0 Å². The summed E-state index contributed by atoms with van der Waals surface area (Å²) in [5.41, 5.74) is 2.38. The molecule has 0 unspecified atom stereocenters. The van der Waals surface area contributed by atoms with Crippen molar-refractivity contribution in [2.24, 2.45) is 4.99 Å². The Kier molecular flexibility index (Phi) is 8.81. The number of nitrogens with zero attached hydrogens (tertiary/aromatic N) is 4. The van der Waals surface area contributed by atoms with Gasteiger partial charge < -0.3 is 20.0 Å². The molecule has 0 radical (unpaired) electrons. The van der Waals surface area contributed by atoms with Gasteiger partial charge in [0.1, 0.15) is 6.54 Å². The Morgan fingerprint density at radius 2 is 1.88 bits per heavy atom. The van der Waals surface area contributed by atoms with Gasteiger partial charge >= 0.3 is 0 Å². The summed E-state index contributed by atoms with van der Waals surface area (Å²) in [5.74, 6) is 0.761. The summed E-state index contributed by atoms with van der Waals surface area (Å²) in [5, 5.41) is 3.37. The van der Waals surface area contributed by atoms with Gasteiger partial charge in [-0.3, -0.25) is 4.79 Å². The van der Waals surface area contributed by atoms with Crippen LogP contribution in [0.1, 0.15) is 25.3 Å². The second-order valence-electron chi connectivity index (χ2n) is 6.63. The predicted octanol–water partition coefficient (Wildman–Crippen LogP) is 2.02. The summed E-state index contributed by atoms with van der Waals surface area (Å²) in [4.78, 5) is 22.1. The highest BCUT2D eigenvalue weighted by molar-refractivity contribution is 5.84. The Bertz CT molecular complexity index is 569. The molecule has 6 heteroatoms. The molecule has 140 valence electrons. The Morgan fingerprint density at radius 1 is 1.16 bits per heavy atom. The number of carbonyl (C=O) groups excluding carboxylic acids is 1. The number of aliphatic imine (C=N–C) groups is 1. The van der Waals surface area contributed by atoms with Gasteiger partial charge in [-0.05, 0) is 24.1 Å². The van der Waals surface area contributed by atoms with E-state index in [2.05, 4.69) is 51.3 Å². The first kappa shape index (κ1) is 20.8. The third-order valence-corrected chi connectivity index (χ3v) is 3.88. The molecule has 0 atom stereocenters. The smallest absolute Gasteiger partial charge is 0.243 e. The number of likely N-dealkylation sites (N-methyl/N-ethyl adjacent to an activating group) is 1. The first-order valence-corrected chi connectivity index (χ1v) is 8.81. The maximum Gasteiger partial charge on any atom is 0.243 e. The predicted molar refractivity (Wildman–Crippen MR) is 106 cm³/mol. The molecule has 1 rings (SSSR count). The maximum atomic E-state index is 11.8. The molecule has 1 amide bonds. The van der Waals surface area contributed by atoms with Crippen molar-refractivity contribution < 1.29 is 4.79 Å². The molecule has 0 aliphatic carbocycles. The van der Waals surface area contributed by atoms with Crippen LogP contribution in [-0.2, 0) is 11.3 Å². The molecule has 0 saturated carbocycles. The van der Waals surface area contributed by atoms with Gasteiger partial charge in [-0.2, -0.15) is 0 Å². The number of hydrogen-bond donors (Lipinski definition) is 1. The number of rotatable bonds is 8. The molecule has 25 heavy (non-hydrogen) atoms. The number of unbranched alkanes of at least 4 members (excludes halogenated alkanes) is 1.